The lowest BCUT2D eigenvalue weighted by atomic mass is 9.96. The number of methoxy groups -OCH3 is 1. The summed E-state index contributed by atoms with van der Waals surface area (Å²) >= 11 is 5.87. The Morgan fingerprint density at radius 1 is 0.977 bits per heavy atom. The van der Waals surface area contributed by atoms with Gasteiger partial charge in [0, 0.05) is 47.3 Å². The molecule has 9 heteroatoms. The van der Waals surface area contributed by atoms with Crippen molar-refractivity contribution in [1.82, 2.24) is 19.8 Å². The zero-order chi connectivity index (χ0) is 30.8. The van der Waals surface area contributed by atoms with Crippen molar-refractivity contribution in [3.05, 3.63) is 125 Å². The van der Waals surface area contributed by atoms with Gasteiger partial charge in [0.15, 0.2) is 5.11 Å². The largest absolute Gasteiger partial charge is 0.465 e. The lowest BCUT2D eigenvalue weighted by Gasteiger charge is -2.28. The first kappa shape index (κ1) is 29.1. The van der Waals surface area contributed by atoms with Gasteiger partial charge >= 0.3 is 5.97 Å². The van der Waals surface area contributed by atoms with Crippen molar-refractivity contribution < 1.29 is 14.3 Å². The van der Waals surface area contributed by atoms with E-state index < -0.39 is 0 Å². The molecule has 2 atom stereocenters. The van der Waals surface area contributed by atoms with E-state index in [4.69, 9.17) is 17.0 Å². The number of carbonyl (C=O) groups is 2. The van der Waals surface area contributed by atoms with Crippen molar-refractivity contribution >= 4 is 45.7 Å². The van der Waals surface area contributed by atoms with Crippen LogP contribution in [-0.4, -0.2) is 45.1 Å². The molecule has 1 saturated heterocycles. The standard InChI is InChI=1S/C35H33N5O3S/c1-22-20-28(23(2)40(22)26-13-8-12-25(21-26)34(42)43-3)33-32(30-15-6-7-18-36-30)38-35(44)39(33)19-17-31(41)37-29-16-9-11-24-10-4-5-14-27(24)29/h4-16,18,20-21,32-33H,17,19H2,1-3H3,(H,37,41)(H,38,44)/t32-,33+/m1/s1. The minimum absolute atomic E-state index is 0.0886. The van der Waals surface area contributed by atoms with Gasteiger partial charge in [-0.2, -0.15) is 0 Å². The maximum atomic E-state index is 13.3. The molecule has 0 radical (unpaired) electrons. The smallest absolute Gasteiger partial charge is 0.337 e. The molecule has 1 aliphatic rings. The second-order valence-corrected chi connectivity index (χ2v) is 11.2. The zero-order valence-corrected chi connectivity index (χ0v) is 25.6. The molecule has 0 saturated carbocycles. The van der Waals surface area contributed by atoms with Gasteiger partial charge in [-0.25, -0.2) is 4.79 Å². The Balaban J connectivity index is 1.32. The molecular formula is C35H33N5O3S. The van der Waals surface area contributed by atoms with E-state index in [2.05, 4.69) is 38.1 Å². The Kier molecular flexibility index (Phi) is 8.13. The molecule has 1 aliphatic heterocycles. The van der Waals surface area contributed by atoms with E-state index in [1.54, 1.807) is 12.3 Å². The molecule has 0 bridgehead atoms. The summed E-state index contributed by atoms with van der Waals surface area (Å²) < 4.78 is 7.08. The van der Waals surface area contributed by atoms with Crippen molar-refractivity contribution in [2.45, 2.75) is 32.4 Å². The molecule has 6 rings (SSSR count). The molecule has 1 fully saturated rings. The van der Waals surface area contributed by atoms with E-state index in [1.807, 2.05) is 85.8 Å². The summed E-state index contributed by atoms with van der Waals surface area (Å²) in [5.74, 6) is -0.475. The number of pyridine rings is 1. The highest BCUT2D eigenvalue weighted by Gasteiger charge is 2.41. The van der Waals surface area contributed by atoms with Crippen molar-refractivity contribution in [2.24, 2.45) is 0 Å². The van der Waals surface area contributed by atoms with Gasteiger partial charge in [-0.1, -0.05) is 48.5 Å². The van der Waals surface area contributed by atoms with Crippen molar-refractivity contribution in [1.29, 1.82) is 0 Å². The number of ether oxygens (including phenoxy) is 1. The number of hydrogen-bond acceptors (Lipinski definition) is 5. The Hall–Kier alpha value is -5.02. The summed E-state index contributed by atoms with van der Waals surface area (Å²) in [5.41, 5.74) is 6.06. The third-order valence-electron chi connectivity index (χ3n) is 8.16. The molecule has 0 aliphatic carbocycles. The predicted molar refractivity (Wildman–Crippen MR) is 176 cm³/mol. The number of thiocarbonyl (C=S) groups is 1. The molecule has 5 aromatic rings. The van der Waals surface area contributed by atoms with Crippen LogP contribution in [-0.2, 0) is 9.53 Å². The highest BCUT2D eigenvalue weighted by Crippen LogP contribution is 2.41. The summed E-state index contributed by atoms with van der Waals surface area (Å²) in [6.07, 6.45) is 2.02. The zero-order valence-electron chi connectivity index (χ0n) is 24.8. The number of esters is 1. The minimum atomic E-state index is -0.386. The molecule has 0 unspecified atom stereocenters. The van der Waals surface area contributed by atoms with Crippen LogP contribution >= 0.6 is 12.2 Å². The molecule has 2 aromatic heterocycles. The number of rotatable bonds is 8. The van der Waals surface area contributed by atoms with Crippen LogP contribution in [0.1, 0.15) is 51.5 Å². The first-order valence-corrected chi connectivity index (χ1v) is 14.9. The number of aryl methyl sites for hydroxylation is 1. The van der Waals surface area contributed by atoms with Crippen molar-refractivity contribution in [3.63, 3.8) is 0 Å². The third-order valence-corrected chi connectivity index (χ3v) is 8.51. The fourth-order valence-corrected chi connectivity index (χ4v) is 6.46. The molecule has 2 N–H and O–H groups in total. The maximum Gasteiger partial charge on any atom is 0.337 e. The summed E-state index contributed by atoms with van der Waals surface area (Å²) in [6, 6.07) is 28.9. The average Bonchev–Trinajstić information content (AvgIpc) is 3.53. The monoisotopic (exact) mass is 603 g/mol. The van der Waals surface area contributed by atoms with Crippen LogP contribution in [0.25, 0.3) is 16.5 Å². The predicted octanol–water partition coefficient (Wildman–Crippen LogP) is 6.43. The van der Waals surface area contributed by atoms with E-state index in [9.17, 15) is 9.59 Å². The quantitative estimate of drug-likeness (QED) is 0.156. The van der Waals surface area contributed by atoms with E-state index in [0.717, 1.165) is 44.8 Å². The number of benzene rings is 3. The number of carbonyl (C=O) groups excluding carboxylic acids is 2. The molecule has 222 valence electrons. The van der Waals surface area contributed by atoms with Gasteiger partial charge in [-0.05, 0) is 79.5 Å². The topological polar surface area (TPSA) is 88.5 Å². The molecule has 3 heterocycles. The van der Waals surface area contributed by atoms with Gasteiger partial charge in [-0.3, -0.25) is 9.78 Å². The van der Waals surface area contributed by atoms with Gasteiger partial charge in [0.2, 0.25) is 5.91 Å². The number of nitrogens with one attached hydrogen (secondary N) is 2. The van der Waals surface area contributed by atoms with E-state index in [0.29, 0.717) is 17.2 Å². The first-order chi connectivity index (χ1) is 21.4. The lowest BCUT2D eigenvalue weighted by molar-refractivity contribution is -0.116. The van der Waals surface area contributed by atoms with Gasteiger partial charge in [-0.15, -0.1) is 0 Å². The van der Waals surface area contributed by atoms with Gasteiger partial charge in [0.1, 0.15) is 0 Å². The van der Waals surface area contributed by atoms with Crippen LogP contribution in [0.2, 0.25) is 0 Å². The van der Waals surface area contributed by atoms with Crippen LogP contribution in [0, 0.1) is 13.8 Å². The average molecular weight is 604 g/mol. The van der Waals surface area contributed by atoms with E-state index in [-0.39, 0.29) is 30.4 Å². The summed E-state index contributed by atoms with van der Waals surface area (Å²) in [7, 11) is 1.38. The third kappa shape index (κ3) is 5.54. The first-order valence-electron chi connectivity index (χ1n) is 14.5. The van der Waals surface area contributed by atoms with Crippen LogP contribution in [0.15, 0.2) is 97.2 Å². The van der Waals surface area contributed by atoms with Crippen LogP contribution < -0.4 is 10.6 Å². The van der Waals surface area contributed by atoms with Crippen molar-refractivity contribution in [3.8, 4) is 5.69 Å². The molecule has 0 spiro atoms. The normalized spacial score (nSPS) is 16.2. The Bertz CT molecular complexity index is 1860. The van der Waals surface area contributed by atoms with Crippen LogP contribution in [0.5, 0.6) is 0 Å². The molecule has 8 nitrogen and oxygen atoms in total. The van der Waals surface area contributed by atoms with Crippen LogP contribution in [0.3, 0.4) is 0 Å². The Labute approximate surface area is 261 Å². The van der Waals surface area contributed by atoms with Gasteiger partial charge in [0.05, 0.1) is 30.5 Å². The Morgan fingerprint density at radius 3 is 2.55 bits per heavy atom. The SMILES string of the molecule is COC(=O)c1cccc(-n2c(C)cc([C@H]3[C@@H](c4ccccn4)NC(=S)N3CCC(=O)Nc3cccc4ccccc34)c2C)c1. The fraction of sp³-hybridized carbons (Fsp3) is 0.200. The number of aromatic nitrogens is 2. The summed E-state index contributed by atoms with van der Waals surface area (Å²) in [4.78, 5) is 32.3. The highest BCUT2D eigenvalue weighted by atomic mass is 32.1. The summed E-state index contributed by atoms with van der Waals surface area (Å²) in [5, 5.41) is 9.23. The molecule has 1 amide bonds. The second-order valence-electron chi connectivity index (χ2n) is 10.8. The van der Waals surface area contributed by atoms with E-state index >= 15 is 0 Å². The maximum absolute atomic E-state index is 13.3. The number of amides is 1. The molecule has 3 aromatic carbocycles. The molecule has 44 heavy (non-hydrogen) atoms. The summed E-state index contributed by atoms with van der Waals surface area (Å²) in [6.45, 7) is 4.52. The second kappa shape index (κ2) is 12.3. The number of hydrogen-bond donors (Lipinski definition) is 2. The van der Waals surface area contributed by atoms with Gasteiger partial charge in [0.25, 0.3) is 0 Å². The number of fused-ring (bicyclic) bond motifs is 1. The number of nitrogens with zero attached hydrogens (tertiary/aromatic N) is 3. The lowest BCUT2D eigenvalue weighted by Crippen LogP contribution is -2.33. The fourth-order valence-electron chi connectivity index (χ4n) is 6.13. The Morgan fingerprint density at radius 2 is 1.75 bits per heavy atom. The van der Waals surface area contributed by atoms with E-state index in [1.165, 1.54) is 7.11 Å². The van der Waals surface area contributed by atoms with Crippen LogP contribution in [0.4, 0.5) is 5.69 Å². The van der Waals surface area contributed by atoms with Crippen molar-refractivity contribution in [2.75, 3.05) is 19.0 Å². The highest BCUT2D eigenvalue weighted by molar-refractivity contribution is 7.80. The minimum Gasteiger partial charge on any atom is -0.465 e. The number of anilines is 1. The van der Waals surface area contributed by atoms with Gasteiger partial charge < -0.3 is 24.8 Å². The molecular weight excluding hydrogens is 570 g/mol.